The van der Waals surface area contributed by atoms with Gasteiger partial charge in [0.2, 0.25) is 0 Å². The van der Waals surface area contributed by atoms with Gasteiger partial charge >= 0.3 is 0 Å². The molecular weight excluding hydrogens is 322 g/mol. The van der Waals surface area contributed by atoms with Crippen molar-refractivity contribution in [3.63, 3.8) is 0 Å². The Morgan fingerprint density at radius 3 is 2.19 bits per heavy atom. The van der Waals surface area contributed by atoms with Crippen LogP contribution in [-0.2, 0) is 13.0 Å². The maximum atomic E-state index is 12.6. The van der Waals surface area contributed by atoms with Gasteiger partial charge < -0.3 is 5.32 Å². The number of benzene rings is 2. The second-order valence-electron chi connectivity index (χ2n) is 6.69. The summed E-state index contributed by atoms with van der Waals surface area (Å²) < 4.78 is 1.94. The molecule has 4 heteroatoms. The number of rotatable bonds is 5. The number of carbonyl (C=O) groups excluding carboxylic acids is 1. The molecule has 3 rings (SSSR count). The number of aryl methyl sites for hydroxylation is 3. The first-order chi connectivity index (χ1) is 12.5. The second-order valence-corrected chi connectivity index (χ2v) is 6.69. The van der Waals surface area contributed by atoms with Crippen molar-refractivity contribution in [1.29, 1.82) is 0 Å². The summed E-state index contributed by atoms with van der Waals surface area (Å²) in [5.41, 5.74) is 6.89. The van der Waals surface area contributed by atoms with E-state index in [2.05, 4.69) is 48.5 Å². The van der Waals surface area contributed by atoms with E-state index in [4.69, 9.17) is 0 Å². The molecule has 1 amide bonds. The summed E-state index contributed by atoms with van der Waals surface area (Å²) in [5, 5.41) is 7.63. The summed E-state index contributed by atoms with van der Waals surface area (Å²) in [6.07, 6.45) is 0.964. The normalized spacial score (nSPS) is 10.8. The molecule has 1 heterocycles. The summed E-state index contributed by atoms with van der Waals surface area (Å²) in [4.78, 5) is 12.6. The van der Waals surface area contributed by atoms with Crippen LogP contribution in [0.1, 0.15) is 45.4 Å². The van der Waals surface area contributed by atoms with Gasteiger partial charge in [-0.1, -0.05) is 48.9 Å². The molecule has 0 bridgehead atoms. The summed E-state index contributed by atoms with van der Waals surface area (Å²) in [5.74, 6) is -0.103. The Labute approximate surface area is 154 Å². The van der Waals surface area contributed by atoms with E-state index in [1.54, 1.807) is 0 Å². The molecule has 3 aromatic rings. The van der Waals surface area contributed by atoms with Crippen molar-refractivity contribution in [2.45, 2.75) is 40.7 Å². The minimum atomic E-state index is -0.103. The van der Waals surface area contributed by atoms with Crippen LogP contribution in [0.2, 0.25) is 0 Å². The molecule has 0 radical (unpaired) electrons. The minimum absolute atomic E-state index is 0.103. The maximum Gasteiger partial charge on any atom is 0.255 e. The van der Waals surface area contributed by atoms with E-state index in [0.717, 1.165) is 23.5 Å². The third-order valence-electron chi connectivity index (χ3n) is 4.70. The quantitative estimate of drug-likeness (QED) is 0.729. The molecule has 1 N–H and O–H groups in total. The third-order valence-corrected chi connectivity index (χ3v) is 4.70. The molecule has 0 aliphatic carbocycles. The molecule has 0 aliphatic rings. The smallest absolute Gasteiger partial charge is 0.255 e. The Morgan fingerprint density at radius 2 is 1.58 bits per heavy atom. The second kappa shape index (κ2) is 7.56. The molecule has 0 spiro atoms. The van der Waals surface area contributed by atoms with Gasteiger partial charge in [-0.15, -0.1) is 0 Å². The molecule has 0 aliphatic heterocycles. The SMILES string of the molecule is CCc1ccc(C(=O)Nc2c(C)nn(Cc3ccc(C)cc3)c2C)cc1. The predicted octanol–water partition coefficient (Wildman–Crippen LogP) is 4.67. The van der Waals surface area contributed by atoms with Crippen LogP contribution in [0, 0.1) is 20.8 Å². The zero-order valence-corrected chi connectivity index (χ0v) is 15.8. The number of hydrogen-bond acceptors (Lipinski definition) is 2. The van der Waals surface area contributed by atoms with E-state index in [9.17, 15) is 4.79 Å². The fourth-order valence-corrected chi connectivity index (χ4v) is 2.98. The molecule has 2 aromatic carbocycles. The molecular formula is C22H25N3O. The Morgan fingerprint density at radius 1 is 0.962 bits per heavy atom. The Bertz CT molecular complexity index is 906. The Balaban J connectivity index is 1.78. The van der Waals surface area contributed by atoms with E-state index >= 15 is 0 Å². The molecule has 0 saturated heterocycles. The summed E-state index contributed by atoms with van der Waals surface area (Å²) in [6.45, 7) is 8.78. The maximum absolute atomic E-state index is 12.6. The van der Waals surface area contributed by atoms with Crippen molar-refractivity contribution in [1.82, 2.24) is 9.78 Å². The standard InChI is InChI=1S/C22H25N3O/c1-5-18-10-12-20(13-11-18)22(26)23-21-16(3)24-25(17(21)4)14-19-8-6-15(2)7-9-19/h6-13H,5,14H2,1-4H3,(H,23,26). The fourth-order valence-electron chi connectivity index (χ4n) is 2.98. The van der Waals surface area contributed by atoms with Gasteiger partial charge in [-0.3, -0.25) is 9.48 Å². The van der Waals surface area contributed by atoms with Gasteiger partial charge in [-0.05, 0) is 50.5 Å². The Hall–Kier alpha value is -2.88. The highest BCUT2D eigenvalue weighted by Gasteiger charge is 2.15. The monoisotopic (exact) mass is 347 g/mol. The fraction of sp³-hybridized carbons (Fsp3) is 0.273. The van der Waals surface area contributed by atoms with E-state index in [1.165, 1.54) is 16.7 Å². The summed E-state index contributed by atoms with van der Waals surface area (Å²) in [7, 11) is 0. The molecule has 1 aromatic heterocycles. The highest BCUT2D eigenvalue weighted by Crippen LogP contribution is 2.21. The number of anilines is 1. The van der Waals surface area contributed by atoms with Crippen molar-refractivity contribution in [2.75, 3.05) is 5.32 Å². The number of hydrogen-bond donors (Lipinski definition) is 1. The largest absolute Gasteiger partial charge is 0.319 e. The van der Waals surface area contributed by atoms with Crippen molar-refractivity contribution >= 4 is 11.6 Å². The minimum Gasteiger partial charge on any atom is -0.319 e. The lowest BCUT2D eigenvalue weighted by molar-refractivity contribution is 0.102. The van der Waals surface area contributed by atoms with Crippen LogP contribution < -0.4 is 5.32 Å². The zero-order chi connectivity index (χ0) is 18.7. The lowest BCUT2D eigenvalue weighted by atomic mass is 10.1. The molecule has 0 unspecified atom stereocenters. The lowest BCUT2D eigenvalue weighted by Crippen LogP contribution is -2.13. The number of nitrogens with zero attached hydrogens (tertiary/aromatic N) is 2. The molecule has 134 valence electrons. The van der Waals surface area contributed by atoms with Gasteiger partial charge in [0.1, 0.15) is 0 Å². The van der Waals surface area contributed by atoms with E-state index in [1.807, 2.05) is 42.8 Å². The third kappa shape index (κ3) is 3.85. The topological polar surface area (TPSA) is 46.9 Å². The highest BCUT2D eigenvalue weighted by molar-refractivity contribution is 6.04. The average molecular weight is 347 g/mol. The van der Waals surface area contributed by atoms with Crippen LogP contribution in [-0.4, -0.2) is 15.7 Å². The number of nitrogens with one attached hydrogen (secondary N) is 1. The van der Waals surface area contributed by atoms with Crippen LogP contribution in [0.15, 0.2) is 48.5 Å². The van der Waals surface area contributed by atoms with Gasteiger partial charge in [-0.2, -0.15) is 5.10 Å². The Kier molecular flexibility index (Phi) is 5.21. The van der Waals surface area contributed by atoms with Crippen molar-refractivity contribution in [3.05, 3.63) is 82.2 Å². The first-order valence-electron chi connectivity index (χ1n) is 8.97. The van der Waals surface area contributed by atoms with E-state index in [-0.39, 0.29) is 5.91 Å². The molecule has 0 saturated carbocycles. The van der Waals surface area contributed by atoms with Crippen LogP contribution in [0.3, 0.4) is 0 Å². The molecule has 0 atom stereocenters. The predicted molar refractivity (Wildman–Crippen MR) is 106 cm³/mol. The number of amides is 1. The highest BCUT2D eigenvalue weighted by atomic mass is 16.1. The van der Waals surface area contributed by atoms with Crippen LogP contribution in [0.25, 0.3) is 0 Å². The average Bonchev–Trinajstić information content (AvgIpc) is 2.91. The summed E-state index contributed by atoms with van der Waals surface area (Å²) >= 11 is 0. The van der Waals surface area contributed by atoms with Crippen LogP contribution >= 0.6 is 0 Å². The van der Waals surface area contributed by atoms with E-state index in [0.29, 0.717) is 12.1 Å². The van der Waals surface area contributed by atoms with Gasteiger partial charge in [0, 0.05) is 5.56 Å². The lowest BCUT2D eigenvalue weighted by Gasteiger charge is -2.08. The first-order valence-corrected chi connectivity index (χ1v) is 8.97. The van der Waals surface area contributed by atoms with Gasteiger partial charge in [0.15, 0.2) is 0 Å². The number of aromatic nitrogens is 2. The van der Waals surface area contributed by atoms with Crippen molar-refractivity contribution in [3.8, 4) is 0 Å². The van der Waals surface area contributed by atoms with E-state index < -0.39 is 0 Å². The molecule has 26 heavy (non-hydrogen) atoms. The summed E-state index contributed by atoms with van der Waals surface area (Å²) in [6, 6.07) is 16.2. The zero-order valence-electron chi connectivity index (χ0n) is 15.8. The number of carbonyl (C=O) groups is 1. The molecule has 0 fully saturated rings. The first kappa shape index (κ1) is 17.9. The van der Waals surface area contributed by atoms with Crippen LogP contribution in [0.4, 0.5) is 5.69 Å². The molecule has 4 nitrogen and oxygen atoms in total. The van der Waals surface area contributed by atoms with Gasteiger partial charge in [0.25, 0.3) is 5.91 Å². The van der Waals surface area contributed by atoms with Crippen LogP contribution in [0.5, 0.6) is 0 Å². The van der Waals surface area contributed by atoms with Crippen molar-refractivity contribution in [2.24, 2.45) is 0 Å². The van der Waals surface area contributed by atoms with Gasteiger partial charge in [-0.25, -0.2) is 0 Å². The van der Waals surface area contributed by atoms with Crippen molar-refractivity contribution < 1.29 is 4.79 Å². The van der Waals surface area contributed by atoms with Gasteiger partial charge in [0.05, 0.1) is 23.6 Å².